The molecule has 140 valence electrons. The number of hydrogen-bond acceptors (Lipinski definition) is 4. The highest BCUT2D eigenvalue weighted by molar-refractivity contribution is 6.31. The molecule has 0 saturated carbocycles. The summed E-state index contributed by atoms with van der Waals surface area (Å²) in [5.41, 5.74) is 2.05. The fourth-order valence-electron chi connectivity index (χ4n) is 3.11. The summed E-state index contributed by atoms with van der Waals surface area (Å²) in [6, 6.07) is 14.8. The molecule has 0 atom stereocenters. The van der Waals surface area contributed by atoms with Gasteiger partial charge in [-0.15, -0.1) is 0 Å². The van der Waals surface area contributed by atoms with E-state index >= 15 is 0 Å². The first-order valence-corrected chi connectivity index (χ1v) is 9.48. The minimum absolute atomic E-state index is 0.142. The smallest absolute Gasteiger partial charge is 0.238 e. The topological polar surface area (TPSA) is 59.4 Å². The normalized spacial score (nSPS) is 15.3. The van der Waals surface area contributed by atoms with Crippen LogP contribution in [0.5, 0.6) is 0 Å². The van der Waals surface area contributed by atoms with E-state index in [1.54, 1.807) is 18.2 Å². The van der Waals surface area contributed by atoms with E-state index in [1.165, 1.54) is 5.56 Å². The Labute approximate surface area is 169 Å². The van der Waals surface area contributed by atoms with E-state index in [1.807, 2.05) is 18.2 Å². The van der Waals surface area contributed by atoms with Crippen LogP contribution in [-0.2, 0) is 11.3 Å². The second-order valence-corrected chi connectivity index (χ2v) is 7.40. The lowest BCUT2D eigenvalue weighted by molar-refractivity contribution is -0.117. The van der Waals surface area contributed by atoms with Gasteiger partial charge >= 0.3 is 0 Å². The van der Waals surface area contributed by atoms with Crippen molar-refractivity contribution in [1.29, 1.82) is 5.26 Å². The molecule has 0 bridgehead atoms. The van der Waals surface area contributed by atoms with Gasteiger partial charge in [0.1, 0.15) is 6.07 Å². The Hall–Kier alpha value is -2.10. The van der Waals surface area contributed by atoms with E-state index in [2.05, 4.69) is 27.3 Å². The summed E-state index contributed by atoms with van der Waals surface area (Å²) < 4.78 is 0. The molecule has 2 aromatic rings. The Balaban J connectivity index is 1.48. The van der Waals surface area contributed by atoms with Crippen molar-refractivity contribution < 1.29 is 4.79 Å². The third kappa shape index (κ3) is 5.69. The molecule has 27 heavy (non-hydrogen) atoms. The first-order valence-electron chi connectivity index (χ1n) is 8.72. The minimum atomic E-state index is -0.142. The number of carbonyl (C=O) groups excluding carboxylic acids is 1. The van der Waals surface area contributed by atoms with Crippen LogP contribution in [0.4, 0.5) is 5.69 Å². The van der Waals surface area contributed by atoms with Gasteiger partial charge in [0.15, 0.2) is 0 Å². The van der Waals surface area contributed by atoms with Gasteiger partial charge in [-0.3, -0.25) is 14.6 Å². The van der Waals surface area contributed by atoms with Crippen molar-refractivity contribution in [3.63, 3.8) is 0 Å². The Kier molecular flexibility index (Phi) is 6.70. The van der Waals surface area contributed by atoms with Crippen LogP contribution in [0.3, 0.4) is 0 Å². The molecule has 7 heteroatoms. The maximum absolute atomic E-state index is 12.3. The van der Waals surface area contributed by atoms with E-state index in [0.29, 0.717) is 22.8 Å². The molecule has 3 rings (SSSR count). The van der Waals surface area contributed by atoms with Crippen LogP contribution in [0.1, 0.15) is 11.1 Å². The van der Waals surface area contributed by atoms with Crippen molar-refractivity contribution >= 4 is 34.8 Å². The van der Waals surface area contributed by atoms with Crippen molar-refractivity contribution in [3.05, 3.63) is 63.6 Å². The average Bonchev–Trinajstić information content (AvgIpc) is 2.63. The molecular formula is C20H20Cl2N4O. The molecule has 0 unspecified atom stereocenters. The SMILES string of the molecule is N#Cc1ccc(Cl)cc1NC(=O)CN1CCN(Cc2cccc(Cl)c2)CC1. The molecular weight excluding hydrogens is 383 g/mol. The summed E-state index contributed by atoms with van der Waals surface area (Å²) in [7, 11) is 0. The summed E-state index contributed by atoms with van der Waals surface area (Å²) in [5.74, 6) is -0.142. The number of piperazine rings is 1. The van der Waals surface area contributed by atoms with Crippen LogP contribution in [0.2, 0.25) is 10.0 Å². The third-order valence-electron chi connectivity index (χ3n) is 4.50. The molecule has 0 spiro atoms. The van der Waals surface area contributed by atoms with Crippen molar-refractivity contribution in [2.75, 3.05) is 38.0 Å². The van der Waals surface area contributed by atoms with Gasteiger partial charge in [0.05, 0.1) is 17.8 Å². The number of amides is 1. The summed E-state index contributed by atoms with van der Waals surface area (Å²) in [6.45, 7) is 4.56. The Morgan fingerprint density at radius 1 is 1.04 bits per heavy atom. The van der Waals surface area contributed by atoms with Crippen LogP contribution < -0.4 is 5.32 Å². The average molecular weight is 403 g/mol. The van der Waals surface area contributed by atoms with Crippen LogP contribution in [0.25, 0.3) is 0 Å². The summed E-state index contributed by atoms with van der Waals surface area (Å²) in [5, 5.41) is 13.2. The molecule has 1 fully saturated rings. The van der Waals surface area contributed by atoms with Gasteiger partial charge < -0.3 is 5.32 Å². The number of anilines is 1. The highest BCUT2D eigenvalue weighted by Gasteiger charge is 2.19. The standard InChI is InChI=1S/C20H20Cl2N4O/c21-17-3-1-2-15(10-17)13-25-6-8-26(9-7-25)14-20(27)24-19-11-18(22)5-4-16(19)12-23/h1-5,10-11H,6-9,13-14H2,(H,24,27). The van der Waals surface area contributed by atoms with Gasteiger partial charge in [-0.05, 0) is 35.9 Å². The lowest BCUT2D eigenvalue weighted by Crippen LogP contribution is -2.48. The zero-order valence-electron chi connectivity index (χ0n) is 14.8. The number of rotatable bonds is 5. The van der Waals surface area contributed by atoms with Gasteiger partial charge in [-0.25, -0.2) is 0 Å². The van der Waals surface area contributed by atoms with Crippen LogP contribution in [0.15, 0.2) is 42.5 Å². The van der Waals surface area contributed by atoms with E-state index < -0.39 is 0 Å². The Bertz CT molecular complexity index is 857. The highest BCUT2D eigenvalue weighted by atomic mass is 35.5. The Morgan fingerprint density at radius 2 is 1.74 bits per heavy atom. The fourth-order valence-corrected chi connectivity index (χ4v) is 3.49. The predicted octanol–water partition coefficient (Wildman–Crippen LogP) is 3.62. The molecule has 0 aliphatic carbocycles. The first-order chi connectivity index (χ1) is 13.0. The molecule has 0 radical (unpaired) electrons. The van der Waals surface area contributed by atoms with E-state index in [4.69, 9.17) is 28.5 Å². The largest absolute Gasteiger partial charge is 0.324 e. The predicted molar refractivity (Wildman–Crippen MR) is 108 cm³/mol. The minimum Gasteiger partial charge on any atom is -0.324 e. The van der Waals surface area contributed by atoms with Crippen LogP contribution in [0, 0.1) is 11.3 Å². The van der Waals surface area contributed by atoms with E-state index in [9.17, 15) is 4.79 Å². The molecule has 5 nitrogen and oxygen atoms in total. The number of halogens is 2. The molecule has 0 aromatic heterocycles. The Morgan fingerprint density at radius 3 is 2.44 bits per heavy atom. The number of nitriles is 1. The maximum Gasteiger partial charge on any atom is 0.238 e. The van der Waals surface area contributed by atoms with Gasteiger partial charge in [-0.1, -0.05) is 35.3 Å². The molecule has 1 aliphatic rings. The molecule has 1 saturated heterocycles. The fraction of sp³-hybridized carbons (Fsp3) is 0.300. The van der Waals surface area contributed by atoms with Gasteiger partial charge in [0.25, 0.3) is 0 Å². The van der Waals surface area contributed by atoms with Gasteiger partial charge in [0.2, 0.25) is 5.91 Å². The second kappa shape index (κ2) is 9.20. The van der Waals surface area contributed by atoms with Crippen molar-refractivity contribution in [1.82, 2.24) is 9.80 Å². The maximum atomic E-state index is 12.3. The molecule has 1 aliphatic heterocycles. The quantitative estimate of drug-likeness (QED) is 0.829. The van der Waals surface area contributed by atoms with Crippen LogP contribution >= 0.6 is 23.2 Å². The van der Waals surface area contributed by atoms with Gasteiger partial charge in [-0.2, -0.15) is 5.26 Å². The number of nitrogens with one attached hydrogen (secondary N) is 1. The first kappa shape index (κ1) is 19.7. The van der Waals surface area contributed by atoms with E-state index in [-0.39, 0.29) is 5.91 Å². The highest BCUT2D eigenvalue weighted by Crippen LogP contribution is 2.20. The number of nitrogens with zero attached hydrogens (tertiary/aromatic N) is 3. The van der Waals surface area contributed by atoms with Crippen molar-refractivity contribution in [2.24, 2.45) is 0 Å². The molecule has 1 N–H and O–H groups in total. The zero-order chi connectivity index (χ0) is 19.2. The third-order valence-corrected chi connectivity index (χ3v) is 4.97. The summed E-state index contributed by atoms with van der Waals surface area (Å²) >= 11 is 12.0. The molecule has 1 heterocycles. The van der Waals surface area contributed by atoms with Crippen molar-refractivity contribution in [2.45, 2.75) is 6.54 Å². The summed E-state index contributed by atoms with van der Waals surface area (Å²) in [4.78, 5) is 16.8. The zero-order valence-corrected chi connectivity index (χ0v) is 16.3. The second-order valence-electron chi connectivity index (χ2n) is 6.53. The van der Waals surface area contributed by atoms with Gasteiger partial charge in [0, 0.05) is 42.8 Å². The van der Waals surface area contributed by atoms with Crippen LogP contribution in [-0.4, -0.2) is 48.4 Å². The van der Waals surface area contributed by atoms with E-state index in [0.717, 1.165) is 37.7 Å². The number of benzene rings is 2. The summed E-state index contributed by atoms with van der Waals surface area (Å²) in [6.07, 6.45) is 0. The molecule has 2 aromatic carbocycles. The number of carbonyl (C=O) groups is 1. The molecule has 1 amide bonds. The van der Waals surface area contributed by atoms with Crippen molar-refractivity contribution in [3.8, 4) is 6.07 Å². The number of hydrogen-bond donors (Lipinski definition) is 1. The lowest BCUT2D eigenvalue weighted by Gasteiger charge is -2.34. The lowest BCUT2D eigenvalue weighted by atomic mass is 10.2. The monoisotopic (exact) mass is 402 g/mol.